The Labute approximate surface area is 107 Å². The third-order valence-electron chi connectivity index (χ3n) is 2.99. The predicted molar refractivity (Wildman–Crippen MR) is 68.6 cm³/mol. The Balaban J connectivity index is 2.27. The lowest BCUT2D eigenvalue weighted by molar-refractivity contribution is 0.414. The average molecular weight is 266 g/mol. The summed E-state index contributed by atoms with van der Waals surface area (Å²) >= 11 is 0. The van der Waals surface area contributed by atoms with Crippen LogP contribution in [0.2, 0.25) is 0 Å². The molecule has 0 saturated carbocycles. The molecule has 0 N–H and O–H groups in total. The molecule has 1 fully saturated rings. The van der Waals surface area contributed by atoms with Gasteiger partial charge in [0.1, 0.15) is 5.75 Å². The molecule has 6 heteroatoms. The number of methoxy groups -OCH3 is 1. The van der Waals surface area contributed by atoms with E-state index in [9.17, 15) is 8.42 Å². The molecule has 0 radical (unpaired) electrons. The monoisotopic (exact) mass is 266 g/mol. The van der Waals surface area contributed by atoms with Gasteiger partial charge in [-0.15, -0.1) is 0 Å². The highest BCUT2D eigenvalue weighted by Gasteiger charge is 2.23. The van der Waals surface area contributed by atoms with E-state index in [0.717, 1.165) is 5.69 Å². The molecule has 1 aliphatic rings. The first-order chi connectivity index (χ1) is 8.55. The van der Waals surface area contributed by atoms with Crippen molar-refractivity contribution in [3.05, 3.63) is 23.8 Å². The molecular weight excluding hydrogens is 252 g/mol. The maximum absolute atomic E-state index is 11.4. The number of anilines is 1. The fraction of sp³-hybridized carbons (Fsp3) is 0.417. The Kier molecular flexibility index (Phi) is 3.43. The summed E-state index contributed by atoms with van der Waals surface area (Å²) in [4.78, 5) is 1.97. The maximum Gasteiger partial charge on any atom is 0.153 e. The minimum absolute atomic E-state index is 0.163. The molecule has 0 aromatic heterocycles. The van der Waals surface area contributed by atoms with Crippen molar-refractivity contribution in [2.24, 2.45) is 0 Å². The lowest BCUT2D eigenvalue weighted by Crippen LogP contribution is -2.40. The Bertz CT molecular complexity index is 576. The topological polar surface area (TPSA) is 70.4 Å². The Morgan fingerprint density at radius 3 is 2.56 bits per heavy atom. The van der Waals surface area contributed by atoms with Crippen molar-refractivity contribution in [2.45, 2.75) is 0 Å². The van der Waals surface area contributed by atoms with Gasteiger partial charge < -0.3 is 9.64 Å². The SMILES string of the molecule is COc1cc(C#N)ccc1N1CCS(=O)(=O)CC1. The summed E-state index contributed by atoms with van der Waals surface area (Å²) in [7, 11) is -1.35. The first-order valence-corrected chi connectivity index (χ1v) is 7.41. The van der Waals surface area contributed by atoms with Crippen molar-refractivity contribution >= 4 is 15.5 Å². The van der Waals surface area contributed by atoms with Crippen LogP contribution in [0.25, 0.3) is 0 Å². The molecule has 0 bridgehead atoms. The first kappa shape index (κ1) is 12.7. The third kappa shape index (κ3) is 2.57. The van der Waals surface area contributed by atoms with Gasteiger partial charge in [0.15, 0.2) is 9.84 Å². The maximum atomic E-state index is 11.4. The first-order valence-electron chi connectivity index (χ1n) is 5.59. The minimum atomic E-state index is -2.89. The molecule has 2 rings (SSSR count). The highest BCUT2D eigenvalue weighted by molar-refractivity contribution is 7.91. The molecule has 1 aliphatic heterocycles. The van der Waals surface area contributed by atoms with Crippen LogP contribution in [0, 0.1) is 11.3 Å². The van der Waals surface area contributed by atoms with Gasteiger partial charge in [-0.25, -0.2) is 8.42 Å². The van der Waals surface area contributed by atoms with Gasteiger partial charge in [-0.3, -0.25) is 0 Å². The van der Waals surface area contributed by atoms with E-state index in [-0.39, 0.29) is 11.5 Å². The lowest BCUT2D eigenvalue weighted by atomic mass is 10.2. The molecule has 0 atom stereocenters. The highest BCUT2D eigenvalue weighted by Crippen LogP contribution is 2.30. The van der Waals surface area contributed by atoms with Crippen LogP contribution in [-0.4, -0.2) is 40.1 Å². The second-order valence-corrected chi connectivity index (χ2v) is 6.44. The molecule has 1 aromatic carbocycles. The summed E-state index contributed by atoms with van der Waals surface area (Å²) in [6, 6.07) is 7.23. The van der Waals surface area contributed by atoms with Crippen molar-refractivity contribution in [3.63, 3.8) is 0 Å². The van der Waals surface area contributed by atoms with E-state index < -0.39 is 9.84 Å². The summed E-state index contributed by atoms with van der Waals surface area (Å²) in [6.07, 6.45) is 0. The Morgan fingerprint density at radius 2 is 2.00 bits per heavy atom. The highest BCUT2D eigenvalue weighted by atomic mass is 32.2. The number of benzene rings is 1. The van der Waals surface area contributed by atoms with Crippen LogP contribution < -0.4 is 9.64 Å². The van der Waals surface area contributed by atoms with Crippen LogP contribution in [0.5, 0.6) is 5.75 Å². The van der Waals surface area contributed by atoms with E-state index >= 15 is 0 Å². The van der Waals surface area contributed by atoms with Gasteiger partial charge >= 0.3 is 0 Å². The zero-order valence-electron chi connectivity index (χ0n) is 10.1. The van der Waals surface area contributed by atoms with Gasteiger partial charge in [0.2, 0.25) is 0 Å². The van der Waals surface area contributed by atoms with E-state index in [0.29, 0.717) is 24.4 Å². The van der Waals surface area contributed by atoms with Crippen LogP contribution in [0.15, 0.2) is 18.2 Å². The smallest absolute Gasteiger partial charge is 0.153 e. The summed E-state index contributed by atoms with van der Waals surface area (Å²) in [5.74, 6) is 0.931. The van der Waals surface area contributed by atoms with Crippen molar-refractivity contribution in [2.75, 3.05) is 36.6 Å². The number of sulfone groups is 1. The van der Waals surface area contributed by atoms with E-state index in [1.54, 1.807) is 25.3 Å². The summed E-state index contributed by atoms with van der Waals surface area (Å²) in [6.45, 7) is 0.926. The molecule has 0 amide bonds. The third-order valence-corrected chi connectivity index (χ3v) is 4.60. The summed E-state index contributed by atoms with van der Waals surface area (Å²) in [5, 5.41) is 8.83. The number of hydrogen-bond acceptors (Lipinski definition) is 5. The number of nitriles is 1. The average Bonchev–Trinajstić information content (AvgIpc) is 2.38. The second kappa shape index (κ2) is 4.86. The van der Waals surface area contributed by atoms with Gasteiger partial charge in [-0.1, -0.05) is 0 Å². The number of nitrogens with zero attached hydrogens (tertiary/aromatic N) is 2. The fourth-order valence-corrected chi connectivity index (χ4v) is 3.16. The molecule has 96 valence electrons. The largest absolute Gasteiger partial charge is 0.495 e. The van der Waals surface area contributed by atoms with Crippen molar-refractivity contribution in [1.82, 2.24) is 0 Å². The van der Waals surface area contributed by atoms with Crippen molar-refractivity contribution in [1.29, 1.82) is 5.26 Å². The molecule has 0 spiro atoms. The zero-order valence-corrected chi connectivity index (χ0v) is 10.9. The van der Waals surface area contributed by atoms with Gasteiger partial charge in [-0.05, 0) is 12.1 Å². The van der Waals surface area contributed by atoms with E-state index in [2.05, 4.69) is 6.07 Å². The summed E-state index contributed by atoms with van der Waals surface area (Å²) < 4.78 is 28.0. The molecule has 1 saturated heterocycles. The summed E-state index contributed by atoms with van der Waals surface area (Å²) in [5.41, 5.74) is 1.37. The van der Waals surface area contributed by atoms with Crippen LogP contribution in [0.1, 0.15) is 5.56 Å². The second-order valence-electron chi connectivity index (χ2n) is 4.14. The zero-order chi connectivity index (χ0) is 13.2. The van der Waals surface area contributed by atoms with Gasteiger partial charge in [0.05, 0.1) is 35.9 Å². The van der Waals surface area contributed by atoms with E-state index in [1.807, 2.05) is 4.90 Å². The number of rotatable bonds is 2. The van der Waals surface area contributed by atoms with Gasteiger partial charge in [0, 0.05) is 19.2 Å². The normalized spacial score (nSPS) is 18.1. The molecular formula is C12H14N2O3S. The molecule has 0 unspecified atom stereocenters. The molecule has 5 nitrogen and oxygen atoms in total. The molecule has 18 heavy (non-hydrogen) atoms. The molecule has 1 heterocycles. The Morgan fingerprint density at radius 1 is 1.33 bits per heavy atom. The molecule has 0 aliphatic carbocycles. The van der Waals surface area contributed by atoms with E-state index in [1.165, 1.54) is 0 Å². The predicted octanol–water partition coefficient (Wildman–Crippen LogP) is 0.802. The van der Waals surface area contributed by atoms with Crippen molar-refractivity contribution < 1.29 is 13.2 Å². The van der Waals surface area contributed by atoms with Gasteiger partial charge in [-0.2, -0.15) is 5.26 Å². The standard InChI is InChI=1S/C12H14N2O3S/c1-17-12-8-10(9-13)2-3-11(12)14-4-6-18(15,16)7-5-14/h2-3,8H,4-7H2,1H3. The molecule has 1 aromatic rings. The number of ether oxygens (including phenoxy) is 1. The quantitative estimate of drug-likeness (QED) is 0.792. The van der Waals surface area contributed by atoms with Crippen LogP contribution in [-0.2, 0) is 9.84 Å². The van der Waals surface area contributed by atoms with Crippen LogP contribution in [0.4, 0.5) is 5.69 Å². The van der Waals surface area contributed by atoms with Gasteiger partial charge in [0.25, 0.3) is 0 Å². The fourth-order valence-electron chi connectivity index (χ4n) is 1.96. The van der Waals surface area contributed by atoms with Crippen molar-refractivity contribution in [3.8, 4) is 11.8 Å². The Hall–Kier alpha value is -1.74. The van der Waals surface area contributed by atoms with Crippen LogP contribution in [0.3, 0.4) is 0 Å². The van der Waals surface area contributed by atoms with E-state index in [4.69, 9.17) is 10.00 Å². The minimum Gasteiger partial charge on any atom is -0.495 e. The lowest BCUT2D eigenvalue weighted by Gasteiger charge is -2.29. The van der Waals surface area contributed by atoms with Crippen LogP contribution >= 0.6 is 0 Å². The number of hydrogen-bond donors (Lipinski definition) is 0.